The topological polar surface area (TPSA) is 9.23 Å². The highest BCUT2D eigenvalue weighted by Gasteiger charge is 1.91. The molecule has 62 valence electrons. The van der Waals surface area contributed by atoms with Crippen LogP contribution in [0.1, 0.15) is 13.8 Å². The van der Waals surface area contributed by atoms with E-state index in [2.05, 4.69) is 20.4 Å². The van der Waals surface area contributed by atoms with Gasteiger partial charge in [-0.3, -0.25) is 0 Å². The lowest BCUT2D eigenvalue weighted by Gasteiger charge is -2.01. The predicted octanol–water partition coefficient (Wildman–Crippen LogP) is 2.71. The van der Waals surface area contributed by atoms with E-state index in [-0.39, 0.29) is 0 Å². The minimum Gasteiger partial charge on any atom is -0.380 e. The summed E-state index contributed by atoms with van der Waals surface area (Å²) >= 11 is 0. The van der Waals surface area contributed by atoms with Crippen molar-refractivity contribution in [3.8, 4) is 0 Å². The number of hydrogen-bond acceptors (Lipinski definition) is 1. The van der Waals surface area contributed by atoms with Crippen molar-refractivity contribution >= 4 is 0 Å². The van der Waals surface area contributed by atoms with Gasteiger partial charge < -0.3 is 4.74 Å². The first kappa shape index (κ1) is 10.2. The Bertz CT molecular complexity index is 171. The highest BCUT2D eigenvalue weighted by Crippen LogP contribution is 2.04. The molecule has 0 aliphatic carbocycles. The normalized spacial score (nSPS) is 10.1. The molecule has 1 heteroatoms. The first-order chi connectivity index (χ1) is 5.22. The molecule has 0 aromatic rings. The maximum Gasteiger partial charge on any atom is 0.0712 e. The summed E-state index contributed by atoms with van der Waals surface area (Å²) < 4.78 is 5.02. The molecule has 0 spiro atoms. The van der Waals surface area contributed by atoms with E-state index < -0.39 is 0 Å². The fourth-order valence-electron chi connectivity index (χ4n) is 0.699. The molecule has 0 unspecified atom stereocenters. The summed E-state index contributed by atoms with van der Waals surface area (Å²) in [5, 5.41) is 0. The van der Waals surface area contributed by atoms with E-state index in [1.165, 1.54) is 11.1 Å². The van der Waals surface area contributed by atoms with E-state index in [4.69, 9.17) is 4.74 Å². The smallest absolute Gasteiger partial charge is 0.0712 e. The fraction of sp³-hybridized carbons (Fsp3) is 0.400. The Balaban J connectivity index is 4.23. The summed E-state index contributed by atoms with van der Waals surface area (Å²) in [7, 11) is 1.70. The van der Waals surface area contributed by atoms with Crippen LogP contribution in [-0.2, 0) is 4.74 Å². The summed E-state index contributed by atoms with van der Waals surface area (Å²) in [6, 6.07) is 0. The first-order valence-electron chi connectivity index (χ1n) is 3.66. The van der Waals surface area contributed by atoms with Crippen LogP contribution in [0.2, 0.25) is 0 Å². The molecular formula is C10H16O. The molecule has 0 N–H and O–H groups in total. The molecular weight excluding hydrogens is 136 g/mol. The highest BCUT2D eigenvalue weighted by molar-refractivity contribution is 5.25. The van der Waals surface area contributed by atoms with Gasteiger partial charge in [-0.25, -0.2) is 0 Å². The van der Waals surface area contributed by atoms with Crippen molar-refractivity contribution in [2.45, 2.75) is 13.8 Å². The zero-order chi connectivity index (χ0) is 8.69. The molecule has 0 aromatic carbocycles. The summed E-state index contributed by atoms with van der Waals surface area (Å²) in [4.78, 5) is 0. The SMILES string of the molecule is C=C/C=C\C(COC)=C(C)C. The monoisotopic (exact) mass is 152 g/mol. The van der Waals surface area contributed by atoms with Gasteiger partial charge in [0.2, 0.25) is 0 Å². The Morgan fingerprint density at radius 1 is 1.45 bits per heavy atom. The van der Waals surface area contributed by atoms with Gasteiger partial charge in [0.25, 0.3) is 0 Å². The standard InChI is InChI=1S/C10H16O/c1-5-6-7-10(8-11-4)9(2)3/h5-7H,1,8H2,2-4H3/b7-6-. The van der Waals surface area contributed by atoms with Crippen LogP contribution in [0.15, 0.2) is 36.0 Å². The van der Waals surface area contributed by atoms with Gasteiger partial charge >= 0.3 is 0 Å². The molecule has 0 aliphatic rings. The quantitative estimate of drug-likeness (QED) is 0.563. The first-order valence-corrected chi connectivity index (χ1v) is 3.66. The third-order valence-electron chi connectivity index (χ3n) is 1.38. The number of rotatable bonds is 4. The predicted molar refractivity (Wildman–Crippen MR) is 49.6 cm³/mol. The van der Waals surface area contributed by atoms with Gasteiger partial charge in [0, 0.05) is 7.11 Å². The minimum atomic E-state index is 0.673. The van der Waals surface area contributed by atoms with Crippen LogP contribution in [-0.4, -0.2) is 13.7 Å². The van der Waals surface area contributed by atoms with E-state index in [1.54, 1.807) is 13.2 Å². The molecule has 0 aliphatic heterocycles. The molecule has 0 radical (unpaired) electrons. The molecule has 0 aromatic heterocycles. The molecule has 0 fully saturated rings. The van der Waals surface area contributed by atoms with Crippen LogP contribution in [0.3, 0.4) is 0 Å². The zero-order valence-electron chi connectivity index (χ0n) is 7.55. The zero-order valence-corrected chi connectivity index (χ0v) is 7.55. The Labute approximate surface area is 69.1 Å². The summed E-state index contributed by atoms with van der Waals surface area (Å²) in [6.07, 6.45) is 5.70. The molecule has 11 heavy (non-hydrogen) atoms. The van der Waals surface area contributed by atoms with Crippen LogP contribution >= 0.6 is 0 Å². The van der Waals surface area contributed by atoms with Crippen LogP contribution in [0, 0.1) is 0 Å². The van der Waals surface area contributed by atoms with Crippen molar-refractivity contribution < 1.29 is 4.74 Å². The van der Waals surface area contributed by atoms with Gasteiger partial charge in [-0.2, -0.15) is 0 Å². The molecule has 0 saturated carbocycles. The number of ether oxygens (including phenoxy) is 1. The average Bonchev–Trinajstić information content (AvgIpc) is 1.97. The Hall–Kier alpha value is -0.820. The largest absolute Gasteiger partial charge is 0.380 e. The Kier molecular flexibility index (Phi) is 5.49. The van der Waals surface area contributed by atoms with E-state index in [0.717, 1.165) is 0 Å². The average molecular weight is 152 g/mol. The van der Waals surface area contributed by atoms with Crippen molar-refractivity contribution in [1.82, 2.24) is 0 Å². The van der Waals surface area contributed by atoms with E-state index in [0.29, 0.717) is 6.61 Å². The van der Waals surface area contributed by atoms with Gasteiger partial charge in [0.15, 0.2) is 0 Å². The maximum atomic E-state index is 5.02. The van der Waals surface area contributed by atoms with Crippen LogP contribution < -0.4 is 0 Å². The Morgan fingerprint density at radius 3 is 2.45 bits per heavy atom. The van der Waals surface area contributed by atoms with Crippen molar-refractivity contribution in [1.29, 1.82) is 0 Å². The lowest BCUT2D eigenvalue weighted by molar-refractivity contribution is 0.227. The van der Waals surface area contributed by atoms with Gasteiger partial charge in [0.05, 0.1) is 6.61 Å². The van der Waals surface area contributed by atoms with Gasteiger partial charge in [-0.15, -0.1) is 0 Å². The number of hydrogen-bond donors (Lipinski definition) is 0. The lowest BCUT2D eigenvalue weighted by atomic mass is 10.1. The second kappa shape index (κ2) is 5.93. The van der Waals surface area contributed by atoms with Crippen LogP contribution in [0.4, 0.5) is 0 Å². The van der Waals surface area contributed by atoms with Crippen molar-refractivity contribution in [3.05, 3.63) is 36.0 Å². The van der Waals surface area contributed by atoms with Gasteiger partial charge in [0.1, 0.15) is 0 Å². The molecule has 0 heterocycles. The third kappa shape index (κ3) is 4.57. The van der Waals surface area contributed by atoms with Crippen molar-refractivity contribution in [3.63, 3.8) is 0 Å². The molecule has 0 atom stereocenters. The van der Waals surface area contributed by atoms with E-state index >= 15 is 0 Å². The lowest BCUT2D eigenvalue weighted by Crippen LogP contribution is -1.93. The van der Waals surface area contributed by atoms with Crippen molar-refractivity contribution in [2.75, 3.05) is 13.7 Å². The minimum absolute atomic E-state index is 0.673. The van der Waals surface area contributed by atoms with E-state index in [1.807, 2.05) is 12.2 Å². The van der Waals surface area contributed by atoms with E-state index in [9.17, 15) is 0 Å². The molecule has 1 nitrogen and oxygen atoms in total. The molecule has 0 saturated heterocycles. The van der Waals surface area contributed by atoms with Gasteiger partial charge in [-0.1, -0.05) is 30.4 Å². The number of methoxy groups -OCH3 is 1. The molecule has 0 bridgehead atoms. The maximum absolute atomic E-state index is 5.02. The fourth-order valence-corrected chi connectivity index (χ4v) is 0.699. The highest BCUT2D eigenvalue weighted by atomic mass is 16.5. The second-order valence-corrected chi connectivity index (χ2v) is 2.55. The summed E-state index contributed by atoms with van der Waals surface area (Å²) in [5.74, 6) is 0. The molecule has 0 amide bonds. The Morgan fingerprint density at radius 2 is 2.09 bits per heavy atom. The number of allylic oxidation sites excluding steroid dienone is 3. The second-order valence-electron chi connectivity index (χ2n) is 2.55. The summed E-state index contributed by atoms with van der Waals surface area (Å²) in [6.45, 7) is 8.42. The van der Waals surface area contributed by atoms with Gasteiger partial charge in [-0.05, 0) is 19.4 Å². The van der Waals surface area contributed by atoms with Crippen LogP contribution in [0.25, 0.3) is 0 Å². The molecule has 0 rings (SSSR count). The third-order valence-corrected chi connectivity index (χ3v) is 1.38. The summed E-state index contributed by atoms with van der Waals surface area (Å²) in [5.41, 5.74) is 2.50. The van der Waals surface area contributed by atoms with Crippen LogP contribution in [0.5, 0.6) is 0 Å². The van der Waals surface area contributed by atoms with Crippen molar-refractivity contribution in [2.24, 2.45) is 0 Å².